The second kappa shape index (κ2) is 4.48. The molecular weight excluding hydrogens is 282 g/mol. The van der Waals surface area contributed by atoms with E-state index >= 15 is 0 Å². The van der Waals surface area contributed by atoms with Gasteiger partial charge in [0.2, 0.25) is 0 Å². The summed E-state index contributed by atoms with van der Waals surface area (Å²) in [5.41, 5.74) is 0. The number of amides is 1. The second-order valence-electron chi connectivity index (χ2n) is 5.12. The van der Waals surface area contributed by atoms with E-state index in [1.54, 1.807) is 12.1 Å². The van der Waals surface area contributed by atoms with Crippen molar-refractivity contribution in [3.05, 3.63) is 22.6 Å². The van der Waals surface area contributed by atoms with Gasteiger partial charge in [-0.2, -0.15) is 0 Å². The normalized spacial score (nSPS) is 28.2. The molecule has 1 saturated heterocycles. The zero-order valence-electron chi connectivity index (χ0n) is 9.69. The summed E-state index contributed by atoms with van der Waals surface area (Å²) >= 11 is 3.23. The summed E-state index contributed by atoms with van der Waals surface area (Å²) in [7, 11) is 0. The molecule has 0 radical (unpaired) electrons. The Morgan fingerprint density at radius 2 is 1.88 bits per heavy atom. The van der Waals surface area contributed by atoms with E-state index in [-0.39, 0.29) is 5.91 Å². The van der Waals surface area contributed by atoms with Crippen molar-refractivity contribution in [1.29, 1.82) is 0 Å². The molecule has 2 fully saturated rings. The van der Waals surface area contributed by atoms with Crippen LogP contribution in [0.15, 0.2) is 21.2 Å². The van der Waals surface area contributed by atoms with Gasteiger partial charge in [-0.1, -0.05) is 12.8 Å². The van der Waals surface area contributed by atoms with Gasteiger partial charge in [-0.05, 0) is 52.7 Å². The highest BCUT2D eigenvalue weighted by Gasteiger charge is 2.37. The predicted octanol–water partition coefficient (Wildman–Crippen LogP) is 3.30. The van der Waals surface area contributed by atoms with Gasteiger partial charge in [0, 0.05) is 13.1 Å². The van der Waals surface area contributed by atoms with E-state index in [9.17, 15) is 4.79 Å². The summed E-state index contributed by atoms with van der Waals surface area (Å²) in [5, 5.41) is 0. The third kappa shape index (κ3) is 2.15. The molecule has 1 aliphatic heterocycles. The predicted molar refractivity (Wildman–Crippen MR) is 67.8 cm³/mol. The van der Waals surface area contributed by atoms with E-state index in [2.05, 4.69) is 15.9 Å². The first-order valence-corrected chi connectivity index (χ1v) is 7.08. The Hall–Kier alpha value is -0.770. The molecule has 1 aliphatic carbocycles. The van der Waals surface area contributed by atoms with E-state index in [4.69, 9.17) is 4.42 Å². The highest BCUT2D eigenvalue weighted by molar-refractivity contribution is 9.10. The van der Waals surface area contributed by atoms with Crippen LogP contribution in [0.25, 0.3) is 0 Å². The smallest absolute Gasteiger partial charge is 0.289 e. The van der Waals surface area contributed by atoms with Crippen LogP contribution in [0.1, 0.15) is 36.2 Å². The average molecular weight is 298 g/mol. The number of fused-ring (bicyclic) bond motifs is 1. The molecule has 1 amide bonds. The fraction of sp³-hybridized carbons (Fsp3) is 0.615. The van der Waals surface area contributed by atoms with Crippen molar-refractivity contribution in [1.82, 2.24) is 4.90 Å². The van der Waals surface area contributed by atoms with Gasteiger partial charge in [0.1, 0.15) is 0 Å². The van der Waals surface area contributed by atoms with E-state index in [0.29, 0.717) is 10.4 Å². The standard InChI is InChI=1S/C13H16BrNO2/c14-12-6-5-11(17-12)13(16)15-7-9-3-1-2-4-10(9)8-15/h5-6,9-10H,1-4,7-8H2. The van der Waals surface area contributed by atoms with Crippen molar-refractivity contribution in [3.8, 4) is 0 Å². The van der Waals surface area contributed by atoms with Crippen LogP contribution in [0.4, 0.5) is 0 Å². The van der Waals surface area contributed by atoms with Crippen LogP contribution in [0.5, 0.6) is 0 Å². The first-order chi connectivity index (χ1) is 8.24. The first-order valence-electron chi connectivity index (χ1n) is 6.28. The molecule has 3 nitrogen and oxygen atoms in total. The molecular formula is C13H16BrNO2. The number of halogens is 1. The van der Waals surface area contributed by atoms with Crippen LogP contribution in [0, 0.1) is 11.8 Å². The fourth-order valence-corrected chi connectivity index (χ4v) is 3.46. The van der Waals surface area contributed by atoms with Crippen molar-refractivity contribution in [2.75, 3.05) is 13.1 Å². The van der Waals surface area contributed by atoms with E-state index < -0.39 is 0 Å². The highest BCUT2D eigenvalue weighted by atomic mass is 79.9. The number of carbonyl (C=O) groups is 1. The minimum Gasteiger partial charge on any atom is -0.444 e. The molecule has 92 valence electrons. The summed E-state index contributed by atoms with van der Waals surface area (Å²) in [6, 6.07) is 3.52. The Kier molecular flexibility index (Phi) is 2.99. The van der Waals surface area contributed by atoms with Crippen molar-refractivity contribution >= 4 is 21.8 Å². The number of furan rings is 1. The Balaban J connectivity index is 1.71. The topological polar surface area (TPSA) is 33.5 Å². The highest BCUT2D eigenvalue weighted by Crippen LogP contribution is 2.36. The van der Waals surface area contributed by atoms with Crippen LogP contribution in [-0.4, -0.2) is 23.9 Å². The number of nitrogens with zero attached hydrogens (tertiary/aromatic N) is 1. The first kappa shape index (κ1) is 11.3. The minimum atomic E-state index is 0.0464. The molecule has 0 bridgehead atoms. The number of carbonyl (C=O) groups excluding carboxylic acids is 1. The van der Waals surface area contributed by atoms with Crippen molar-refractivity contribution < 1.29 is 9.21 Å². The van der Waals surface area contributed by atoms with Gasteiger partial charge in [0.05, 0.1) is 0 Å². The Labute approximate surface area is 109 Å². The lowest BCUT2D eigenvalue weighted by Crippen LogP contribution is -2.28. The molecule has 2 aliphatic rings. The molecule has 4 heteroatoms. The zero-order valence-corrected chi connectivity index (χ0v) is 11.3. The molecule has 0 aromatic carbocycles. The van der Waals surface area contributed by atoms with Crippen LogP contribution in [-0.2, 0) is 0 Å². The van der Waals surface area contributed by atoms with Crippen molar-refractivity contribution in [2.24, 2.45) is 11.8 Å². The quantitative estimate of drug-likeness (QED) is 0.797. The van der Waals surface area contributed by atoms with Crippen molar-refractivity contribution in [2.45, 2.75) is 25.7 Å². The molecule has 0 spiro atoms. The lowest BCUT2D eigenvalue weighted by atomic mass is 9.82. The maximum atomic E-state index is 12.2. The second-order valence-corrected chi connectivity index (χ2v) is 5.90. The lowest BCUT2D eigenvalue weighted by Gasteiger charge is -2.22. The molecule has 3 rings (SSSR count). The molecule has 0 N–H and O–H groups in total. The maximum absolute atomic E-state index is 12.2. The average Bonchev–Trinajstić information content (AvgIpc) is 2.93. The van der Waals surface area contributed by atoms with Gasteiger partial charge < -0.3 is 9.32 Å². The zero-order chi connectivity index (χ0) is 11.8. The van der Waals surface area contributed by atoms with E-state index in [1.807, 2.05) is 4.90 Å². The molecule has 2 atom stereocenters. The SMILES string of the molecule is O=C(c1ccc(Br)o1)N1CC2CCCCC2C1. The maximum Gasteiger partial charge on any atom is 0.289 e. The summed E-state index contributed by atoms with van der Waals surface area (Å²) in [6.45, 7) is 1.84. The third-order valence-electron chi connectivity index (χ3n) is 4.05. The lowest BCUT2D eigenvalue weighted by molar-refractivity contribution is 0.0751. The third-order valence-corrected chi connectivity index (χ3v) is 4.47. The van der Waals surface area contributed by atoms with Crippen molar-refractivity contribution in [3.63, 3.8) is 0 Å². The molecule has 17 heavy (non-hydrogen) atoms. The van der Waals surface area contributed by atoms with Gasteiger partial charge in [-0.25, -0.2) is 0 Å². The molecule has 1 aromatic rings. The number of likely N-dealkylation sites (tertiary alicyclic amines) is 1. The summed E-state index contributed by atoms with van der Waals surface area (Å²) in [6.07, 6.45) is 5.23. The summed E-state index contributed by atoms with van der Waals surface area (Å²) in [5.74, 6) is 1.96. The molecule has 1 aromatic heterocycles. The van der Waals surface area contributed by atoms with Crippen LogP contribution in [0.2, 0.25) is 0 Å². The van der Waals surface area contributed by atoms with Gasteiger partial charge in [-0.15, -0.1) is 0 Å². The van der Waals surface area contributed by atoms with Gasteiger partial charge >= 0.3 is 0 Å². The molecule has 2 heterocycles. The molecule has 1 saturated carbocycles. The number of hydrogen-bond acceptors (Lipinski definition) is 2. The number of hydrogen-bond donors (Lipinski definition) is 0. The largest absolute Gasteiger partial charge is 0.444 e. The number of rotatable bonds is 1. The minimum absolute atomic E-state index is 0.0464. The van der Waals surface area contributed by atoms with Crippen LogP contribution in [0.3, 0.4) is 0 Å². The summed E-state index contributed by atoms with van der Waals surface area (Å²) in [4.78, 5) is 14.2. The van der Waals surface area contributed by atoms with Crippen LogP contribution >= 0.6 is 15.9 Å². The van der Waals surface area contributed by atoms with E-state index in [1.165, 1.54) is 25.7 Å². The van der Waals surface area contributed by atoms with E-state index in [0.717, 1.165) is 24.9 Å². The van der Waals surface area contributed by atoms with Gasteiger partial charge in [-0.3, -0.25) is 4.79 Å². The van der Waals surface area contributed by atoms with Crippen LogP contribution < -0.4 is 0 Å². The monoisotopic (exact) mass is 297 g/mol. The fourth-order valence-electron chi connectivity index (χ4n) is 3.16. The Morgan fingerprint density at radius 1 is 1.24 bits per heavy atom. The van der Waals surface area contributed by atoms with Gasteiger partial charge in [0.25, 0.3) is 5.91 Å². The Morgan fingerprint density at radius 3 is 2.41 bits per heavy atom. The van der Waals surface area contributed by atoms with Gasteiger partial charge in [0.15, 0.2) is 10.4 Å². The summed E-state index contributed by atoms with van der Waals surface area (Å²) < 4.78 is 5.96. The molecule has 2 unspecified atom stereocenters. The Bertz CT molecular complexity index is 415.